The van der Waals surface area contributed by atoms with Crippen molar-refractivity contribution in [1.82, 2.24) is 0 Å². The Hall–Kier alpha value is -0.790. The van der Waals surface area contributed by atoms with E-state index in [0.717, 1.165) is 6.08 Å². The molecule has 0 aromatic carbocycles. The van der Waals surface area contributed by atoms with Crippen LogP contribution in [0.4, 0.5) is 0 Å². The standard InChI is InChI=1S/C45H90.C7H12O2/c1-2-4-6-8-10-12-14-16-18-20-22-24-26-28-30-32-34-36-38-40-42-44-45-43-41-39-37-35-33-31-29-27-25-23-21-19-17-15-13-11-9-7-5-3-1;1-5-6(8)9-7(2,3)4/h1-45H2;5H,1H2,2-4H3. The van der Waals surface area contributed by atoms with Crippen LogP contribution in [-0.4, -0.2) is 11.6 Å². The van der Waals surface area contributed by atoms with Gasteiger partial charge in [0.1, 0.15) is 5.60 Å². The molecular formula is C52H102O2. The number of rotatable bonds is 1. The van der Waals surface area contributed by atoms with Crippen LogP contribution in [-0.2, 0) is 9.53 Å². The van der Waals surface area contributed by atoms with E-state index in [1.807, 2.05) is 20.8 Å². The fourth-order valence-electron chi connectivity index (χ4n) is 8.30. The maximum atomic E-state index is 10.5. The SMILES string of the molecule is C1CCCCCCCCCCCCCCCCCCCCCCCCCCCCCCCCCCCCCCCCCCCC1.C=CC(=O)OC(C)(C)C. The van der Waals surface area contributed by atoms with Crippen LogP contribution in [0.1, 0.15) is 310 Å². The van der Waals surface area contributed by atoms with Gasteiger partial charge in [-0.05, 0) is 20.8 Å². The third-order valence-corrected chi connectivity index (χ3v) is 11.8. The molecule has 1 rings (SSSR count). The molecule has 0 aliphatic heterocycles. The molecule has 0 saturated heterocycles. The quantitative estimate of drug-likeness (QED) is 0.197. The van der Waals surface area contributed by atoms with Gasteiger partial charge in [0.25, 0.3) is 0 Å². The molecule has 0 spiro atoms. The molecule has 1 fully saturated rings. The lowest BCUT2D eigenvalue weighted by Gasteiger charge is -2.17. The van der Waals surface area contributed by atoms with Gasteiger partial charge < -0.3 is 4.74 Å². The second kappa shape index (κ2) is 44.9. The molecule has 0 bridgehead atoms. The van der Waals surface area contributed by atoms with E-state index in [4.69, 9.17) is 4.74 Å². The minimum Gasteiger partial charge on any atom is -0.457 e. The van der Waals surface area contributed by atoms with Crippen molar-refractivity contribution in [3.8, 4) is 0 Å². The van der Waals surface area contributed by atoms with Crippen molar-refractivity contribution < 1.29 is 9.53 Å². The van der Waals surface area contributed by atoms with Crippen LogP contribution in [0, 0.1) is 0 Å². The third-order valence-electron chi connectivity index (χ3n) is 11.8. The average Bonchev–Trinajstić information content (AvgIpc) is 3.15. The van der Waals surface area contributed by atoms with E-state index < -0.39 is 5.60 Å². The zero-order valence-corrected chi connectivity index (χ0v) is 37.9. The average molecular weight is 759 g/mol. The molecule has 1 saturated carbocycles. The number of esters is 1. The maximum Gasteiger partial charge on any atom is 0.330 e. The molecule has 0 unspecified atom stereocenters. The molecule has 0 N–H and O–H groups in total. The highest BCUT2D eigenvalue weighted by molar-refractivity contribution is 5.81. The molecule has 0 radical (unpaired) electrons. The van der Waals surface area contributed by atoms with Crippen molar-refractivity contribution in [3.05, 3.63) is 12.7 Å². The molecule has 0 amide bonds. The highest BCUT2D eigenvalue weighted by Crippen LogP contribution is 2.19. The van der Waals surface area contributed by atoms with Crippen molar-refractivity contribution in [2.75, 3.05) is 0 Å². The summed E-state index contributed by atoms with van der Waals surface area (Å²) >= 11 is 0. The van der Waals surface area contributed by atoms with Gasteiger partial charge >= 0.3 is 5.97 Å². The number of hydrogen-bond donors (Lipinski definition) is 0. The molecule has 2 heteroatoms. The second-order valence-corrected chi connectivity index (χ2v) is 18.6. The highest BCUT2D eigenvalue weighted by Gasteiger charge is 2.13. The number of carbonyl (C=O) groups excluding carboxylic acids is 1. The van der Waals surface area contributed by atoms with Crippen LogP contribution in [0.15, 0.2) is 12.7 Å². The van der Waals surface area contributed by atoms with Gasteiger partial charge in [-0.25, -0.2) is 4.79 Å². The van der Waals surface area contributed by atoms with Crippen molar-refractivity contribution in [3.63, 3.8) is 0 Å². The first-order chi connectivity index (χ1) is 26.5. The molecule has 322 valence electrons. The molecular weight excluding hydrogens is 657 g/mol. The predicted molar refractivity (Wildman–Crippen MR) is 244 cm³/mol. The summed E-state index contributed by atoms with van der Waals surface area (Å²) in [5, 5.41) is 0. The zero-order chi connectivity index (χ0) is 39.3. The minimum atomic E-state index is -0.398. The normalized spacial score (nSPS) is 21.8. The van der Waals surface area contributed by atoms with Crippen molar-refractivity contribution in [2.45, 2.75) is 315 Å². The first-order valence-corrected chi connectivity index (χ1v) is 25.3. The van der Waals surface area contributed by atoms with Gasteiger partial charge in [0.05, 0.1) is 0 Å². The third kappa shape index (κ3) is 49.2. The Morgan fingerprint density at radius 2 is 0.389 bits per heavy atom. The molecule has 0 atom stereocenters. The van der Waals surface area contributed by atoms with Gasteiger partial charge in [-0.3, -0.25) is 0 Å². The number of hydrogen-bond acceptors (Lipinski definition) is 2. The molecule has 0 aromatic rings. The van der Waals surface area contributed by atoms with Gasteiger partial charge in [0, 0.05) is 6.08 Å². The first-order valence-electron chi connectivity index (χ1n) is 25.3. The van der Waals surface area contributed by atoms with Crippen molar-refractivity contribution >= 4 is 5.97 Å². The fraction of sp³-hybridized carbons (Fsp3) is 0.942. The second-order valence-electron chi connectivity index (χ2n) is 18.6. The van der Waals surface area contributed by atoms with Gasteiger partial charge in [0.15, 0.2) is 0 Å². The lowest BCUT2D eigenvalue weighted by atomic mass is 10.0. The van der Waals surface area contributed by atoms with Crippen LogP contribution in [0.2, 0.25) is 0 Å². The van der Waals surface area contributed by atoms with E-state index in [1.165, 1.54) is 289 Å². The topological polar surface area (TPSA) is 26.3 Å². The van der Waals surface area contributed by atoms with Crippen molar-refractivity contribution in [2.24, 2.45) is 0 Å². The monoisotopic (exact) mass is 759 g/mol. The molecule has 0 aromatic heterocycles. The van der Waals surface area contributed by atoms with Crippen LogP contribution in [0.3, 0.4) is 0 Å². The van der Waals surface area contributed by atoms with E-state index in [0.29, 0.717) is 0 Å². The molecule has 2 nitrogen and oxygen atoms in total. The van der Waals surface area contributed by atoms with Gasteiger partial charge in [0.2, 0.25) is 0 Å². The smallest absolute Gasteiger partial charge is 0.330 e. The fourth-order valence-corrected chi connectivity index (χ4v) is 8.30. The van der Waals surface area contributed by atoms with Crippen molar-refractivity contribution in [1.29, 1.82) is 0 Å². The molecule has 1 aliphatic rings. The largest absolute Gasteiger partial charge is 0.457 e. The van der Waals surface area contributed by atoms with E-state index in [1.54, 1.807) is 0 Å². The summed E-state index contributed by atoms with van der Waals surface area (Å²) in [6.07, 6.45) is 68.7. The van der Waals surface area contributed by atoms with Crippen LogP contribution < -0.4 is 0 Å². The highest BCUT2D eigenvalue weighted by atomic mass is 16.6. The van der Waals surface area contributed by atoms with Crippen LogP contribution >= 0.6 is 0 Å². The van der Waals surface area contributed by atoms with E-state index in [9.17, 15) is 4.79 Å². The minimum absolute atomic E-state index is 0.373. The zero-order valence-electron chi connectivity index (χ0n) is 37.9. The van der Waals surface area contributed by atoms with Crippen LogP contribution in [0.25, 0.3) is 0 Å². The molecule has 0 heterocycles. The summed E-state index contributed by atoms with van der Waals surface area (Å²) in [6, 6.07) is 0. The molecule has 1 aliphatic carbocycles. The summed E-state index contributed by atoms with van der Waals surface area (Å²) < 4.78 is 4.83. The summed E-state index contributed by atoms with van der Waals surface area (Å²) in [7, 11) is 0. The summed E-state index contributed by atoms with van der Waals surface area (Å²) in [5.74, 6) is -0.373. The van der Waals surface area contributed by atoms with Gasteiger partial charge in [-0.2, -0.15) is 0 Å². The lowest BCUT2D eigenvalue weighted by molar-refractivity contribution is -0.148. The first kappa shape index (κ1) is 53.2. The number of carbonyl (C=O) groups is 1. The Balaban J connectivity index is 0.00000274. The predicted octanol–water partition coefficient (Wildman–Crippen LogP) is 19.1. The Labute approximate surface area is 342 Å². The van der Waals surface area contributed by atoms with E-state index in [2.05, 4.69) is 6.58 Å². The summed E-state index contributed by atoms with van der Waals surface area (Å²) in [6.45, 7) is 8.71. The summed E-state index contributed by atoms with van der Waals surface area (Å²) in [5.41, 5.74) is -0.398. The van der Waals surface area contributed by atoms with Gasteiger partial charge in [-0.1, -0.05) is 296 Å². The molecule has 54 heavy (non-hydrogen) atoms. The maximum absolute atomic E-state index is 10.5. The number of ether oxygens (including phenoxy) is 1. The van der Waals surface area contributed by atoms with Gasteiger partial charge in [-0.15, -0.1) is 0 Å². The summed E-state index contributed by atoms with van der Waals surface area (Å²) in [4.78, 5) is 10.5. The Kier molecular flexibility index (Phi) is 44.3. The van der Waals surface area contributed by atoms with E-state index >= 15 is 0 Å². The Bertz CT molecular complexity index is 473. The Morgan fingerprint density at radius 1 is 0.296 bits per heavy atom. The lowest BCUT2D eigenvalue weighted by Crippen LogP contribution is -2.22. The van der Waals surface area contributed by atoms with Crippen LogP contribution in [0.5, 0.6) is 0 Å². The Morgan fingerprint density at radius 3 is 0.426 bits per heavy atom. The van der Waals surface area contributed by atoms with E-state index in [-0.39, 0.29) is 5.97 Å².